The lowest BCUT2D eigenvalue weighted by Gasteiger charge is -2.36. The molecular formula is C26H22FN3O2. The molecule has 6 heteroatoms. The first-order valence-electron chi connectivity index (χ1n) is 10.6. The number of para-hydroxylation sites is 1. The highest BCUT2D eigenvalue weighted by atomic mass is 19.1. The number of benzene rings is 3. The molecule has 0 saturated heterocycles. The molecule has 5 rings (SSSR count). The van der Waals surface area contributed by atoms with E-state index in [9.17, 15) is 14.0 Å². The molecule has 1 atom stereocenters. The maximum absolute atomic E-state index is 13.8. The minimum absolute atomic E-state index is 0.154. The highest BCUT2D eigenvalue weighted by Crippen LogP contribution is 2.28. The molecule has 32 heavy (non-hydrogen) atoms. The van der Waals surface area contributed by atoms with Crippen LogP contribution in [-0.4, -0.2) is 27.3 Å². The summed E-state index contributed by atoms with van der Waals surface area (Å²) in [6.07, 6.45) is 0. The third-order valence-electron chi connectivity index (χ3n) is 5.88. The van der Waals surface area contributed by atoms with E-state index in [1.807, 2.05) is 65.2 Å². The largest absolute Gasteiger partial charge is 0.350 e. The Kier molecular flexibility index (Phi) is 5.19. The normalized spacial score (nSPS) is 15.6. The first kappa shape index (κ1) is 20.0. The molecule has 1 aliphatic heterocycles. The summed E-state index contributed by atoms with van der Waals surface area (Å²) in [7, 11) is 0. The molecular weight excluding hydrogens is 405 g/mol. The minimum Gasteiger partial charge on any atom is -0.350 e. The standard InChI is InChI=1S/C26H22FN3O2/c27-21-11-6-9-19(13-21)16-30-24(25(31)28-15-18-7-2-1-3-8-18)17-29-22-12-5-4-10-20(22)14-23(29)26(30)32/h1-14,24H,15-17H2,(H,28,31)/t24-/m0/s1. The molecule has 2 amide bonds. The van der Waals surface area contributed by atoms with Gasteiger partial charge < -0.3 is 14.8 Å². The van der Waals surface area contributed by atoms with Crippen molar-refractivity contribution < 1.29 is 14.0 Å². The summed E-state index contributed by atoms with van der Waals surface area (Å²) in [5, 5.41) is 3.92. The van der Waals surface area contributed by atoms with Crippen molar-refractivity contribution in [3.63, 3.8) is 0 Å². The van der Waals surface area contributed by atoms with Crippen molar-refractivity contribution in [3.05, 3.63) is 108 Å². The summed E-state index contributed by atoms with van der Waals surface area (Å²) in [4.78, 5) is 28.3. The molecule has 1 aliphatic rings. The molecule has 160 valence electrons. The van der Waals surface area contributed by atoms with Crippen molar-refractivity contribution >= 4 is 22.7 Å². The zero-order valence-corrected chi connectivity index (χ0v) is 17.4. The third-order valence-corrected chi connectivity index (χ3v) is 5.88. The summed E-state index contributed by atoms with van der Waals surface area (Å²) >= 11 is 0. The van der Waals surface area contributed by atoms with E-state index in [0.717, 1.165) is 16.5 Å². The molecule has 4 aromatic rings. The van der Waals surface area contributed by atoms with E-state index in [1.165, 1.54) is 12.1 Å². The average molecular weight is 427 g/mol. The number of nitrogens with zero attached hydrogens (tertiary/aromatic N) is 2. The number of aromatic nitrogens is 1. The zero-order valence-electron chi connectivity index (χ0n) is 17.4. The van der Waals surface area contributed by atoms with E-state index >= 15 is 0 Å². The molecule has 0 spiro atoms. The fourth-order valence-electron chi connectivity index (χ4n) is 4.29. The minimum atomic E-state index is -0.710. The Labute approximate surface area is 185 Å². The van der Waals surface area contributed by atoms with Crippen LogP contribution in [0.5, 0.6) is 0 Å². The van der Waals surface area contributed by atoms with Crippen LogP contribution in [-0.2, 0) is 24.4 Å². The number of hydrogen-bond donors (Lipinski definition) is 1. The fraction of sp³-hybridized carbons (Fsp3) is 0.154. The molecule has 3 aromatic carbocycles. The monoisotopic (exact) mass is 427 g/mol. The highest BCUT2D eigenvalue weighted by Gasteiger charge is 2.37. The van der Waals surface area contributed by atoms with Crippen molar-refractivity contribution in [1.82, 2.24) is 14.8 Å². The number of carbonyl (C=O) groups is 2. The molecule has 1 N–H and O–H groups in total. The lowest BCUT2D eigenvalue weighted by Crippen LogP contribution is -2.54. The van der Waals surface area contributed by atoms with Gasteiger partial charge in [-0.3, -0.25) is 9.59 Å². The summed E-state index contributed by atoms with van der Waals surface area (Å²) in [6.45, 7) is 0.865. The van der Waals surface area contributed by atoms with Crippen molar-refractivity contribution in [2.45, 2.75) is 25.7 Å². The Morgan fingerprint density at radius 2 is 1.69 bits per heavy atom. The van der Waals surface area contributed by atoms with Crippen LogP contribution in [0.25, 0.3) is 10.9 Å². The topological polar surface area (TPSA) is 54.3 Å². The molecule has 1 aromatic heterocycles. The smallest absolute Gasteiger partial charge is 0.271 e. The number of rotatable bonds is 5. The van der Waals surface area contributed by atoms with Gasteiger partial charge >= 0.3 is 0 Å². The summed E-state index contributed by atoms with van der Waals surface area (Å²) in [5.41, 5.74) is 3.08. The van der Waals surface area contributed by atoms with Crippen molar-refractivity contribution in [3.8, 4) is 0 Å². The summed E-state index contributed by atoms with van der Waals surface area (Å²) in [5.74, 6) is -0.843. The van der Waals surface area contributed by atoms with E-state index in [4.69, 9.17) is 0 Å². The molecule has 0 aliphatic carbocycles. The molecule has 0 bridgehead atoms. The van der Waals surface area contributed by atoms with Crippen LogP contribution in [0.15, 0.2) is 84.9 Å². The van der Waals surface area contributed by atoms with Crippen molar-refractivity contribution in [2.24, 2.45) is 0 Å². The quantitative estimate of drug-likeness (QED) is 0.521. The number of amides is 2. The first-order valence-corrected chi connectivity index (χ1v) is 10.6. The Morgan fingerprint density at radius 1 is 0.938 bits per heavy atom. The van der Waals surface area contributed by atoms with Gasteiger partial charge in [0.2, 0.25) is 5.91 Å². The van der Waals surface area contributed by atoms with Gasteiger partial charge in [-0.2, -0.15) is 0 Å². The predicted octanol–water partition coefficient (Wildman–Crippen LogP) is 4.12. The number of carbonyl (C=O) groups excluding carboxylic acids is 2. The Hall–Kier alpha value is -3.93. The molecule has 0 radical (unpaired) electrons. The molecule has 0 fully saturated rings. The lowest BCUT2D eigenvalue weighted by atomic mass is 10.1. The van der Waals surface area contributed by atoms with E-state index in [0.29, 0.717) is 24.3 Å². The summed E-state index contributed by atoms with van der Waals surface area (Å²) < 4.78 is 15.7. The van der Waals surface area contributed by atoms with Gasteiger partial charge in [-0.05, 0) is 35.4 Å². The van der Waals surface area contributed by atoms with Crippen LogP contribution in [0.2, 0.25) is 0 Å². The van der Waals surface area contributed by atoms with E-state index in [1.54, 1.807) is 17.0 Å². The average Bonchev–Trinajstić information content (AvgIpc) is 3.19. The second-order valence-corrected chi connectivity index (χ2v) is 7.98. The van der Waals surface area contributed by atoms with Gasteiger partial charge in [0.25, 0.3) is 5.91 Å². The highest BCUT2D eigenvalue weighted by molar-refractivity contribution is 6.02. The van der Waals surface area contributed by atoms with Crippen LogP contribution in [0.4, 0.5) is 4.39 Å². The van der Waals surface area contributed by atoms with Crippen LogP contribution >= 0.6 is 0 Å². The van der Waals surface area contributed by atoms with Crippen LogP contribution < -0.4 is 5.32 Å². The van der Waals surface area contributed by atoms with Gasteiger partial charge in [0, 0.05) is 24.0 Å². The van der Waals surface area contributed by atoms with E-state index in [-0.39, 0.29) is 24.2 Å². The zero-order chi connectivity index (χ0) is 22.1. The van der Waals surface area contributed by atoms with E-state index in [2.05, 4.69) is 5.32 Å². The Balaban J connectivity index is 1.48. The number of halogens is 1. The first-order chi connectivity index (χ1) is 15.6. The summed E-state index contributed by atoms with van der Waals surface area (Å²) in [6, 6.07) is 24.7. The van der Waals surface area contributed by atoms with E-state index < -0.39 is 6.04 Å². The molecule has 0 saturated carbocycles. The van der Waals surface area contributed by atoms with Crippen molar-refractivity contribution in [2.75, 3.05) is 0 Å². The number of hydrogen-bond acceptors (Lipinski definition) is 2. The molecule has 2 heterocycles. The lowest BCUT2D eigenvalue weighted by molar-refractivity contribution is -0.126. The van der Waals surface area contributed by atoms with Crippen molar-refractivity contribution in [1.29, 1.82) is 0 Å². The van der Waals surface area contributed by atoms with Gasteiger partial charge in [0.15, 0.2) is 0 Å². The van der Waals surface area contributed by atoms with Crippen LogP contribution in [0.1, 0.15) is 21.6 Å². The number of fused-ring (bicyclic) bond motifs is 3. The second-order valence-electron chi connectivity index (χ2n) is 7.98. The van der Waals surface area contributed by atoms with Gasteiger partial charge in [0.05, 0.1) is 6.54 Å². The number of nitrogens with one attached hydrogen (secondary N) is 1. The third kappa shape index (κ3) is 3.75. The van der Waals surface area contributed by atoms with Gasteiger partial charge in [-0.25, -0.2) is 4.39 Å². The Bertz CT molecular complexity index is 1300. The van der Waals surface area contributed by atoms with Crippen LogP contribution in [0.3, 0.4) is 0 Å². The maximum Gasteiger partial charge on any atom is 0.271 e. The Morgan fingerprint density at radius 3 is 2.50 bits per heavy atom. The van der Waals surface area contributed by atoms with Gasteiger partial charge in [-0.15, -0.1) is 0 Å². The SMILES string of the molecule is O=C(NCc1ccccc1)[C@@H]1Cn2c(cc3ccccc32)C(=O)N1Cc1cccc(F)c1. The fourth-order valence-corrected chi connectivity index (χ4v) is 4.29. The predicted molar refractivity (Wildman–Crippen MR) is 120 cm³/mol. The second kappa shape index (κ2) is 8.30. The van der Waals surface area contributed by atoms with Crippen LogP contribution in [0, 0.1) is 5.82 Å². The molecule has 0 unspecified atom stereocenters. The maximum atomic E-state index is 13.8. The van der Waals surface area contributed by atoms with Gasteiger partial charge in [-0.1, -0.05) is 60.7 Å². The van der Waals surface area contributed by atoms with Gasteiger partial charge in [0.1, 0.15) is 17.6 Å². The molecule has 5 nitrogen and oxygen atoms in total.